The molecule has 0 atom stereocenters. The van der Waals surface area contributed by atoms with E-state index in [4.69, 9.17) is 0 Å². The molecule has 0 aromatic carbocycles. The smallest absolute Gasteiger partial charge is 0.149 e. The molecule has 0 amide bonds. The van der Waals surface area contributed by atoms with Crippen LogP contribution in [0.5, 0.6) is 0 Å². The van der Waals surface area contributed by atoms with E-state index in [2.05, 4.69) is 6.58 Å². The van der Waals surface area contributed by atoms with Gasteiger partial charge in [0.25, 0.3) is 0 Å². The first-order chi connectivity index (χ1) is 2.27. The van der Waals surface area contributed by atoms with Crippen LogP contribution in [-0.4, -0.2) is 6.26 Å². The summed E-state index contributed by atoms with van der Waals surface area (Å²) in [6.45, 7) is 2.97. The molecule has 0 aromatic rings. The van der Waals surface area contributed by atoms with Crippen molar-refractivity contribution in [2.24, 2.45) is 0 Å². The summed E-state index contributed by atoms with van der Waals surface area (Å²) in [5.74, 6) is 0. The van der Waals surface area contributed by atoms with Crippen LogP contribution >= 0.6 is 11.8 Å². The van der Waals surface area contributed by atoms with Crippen LogP contribution in [0.2, 0.25) is 0 Å². The number of thioether (sulfide) groups is 1. The van der Waals surface area contributed by atoms with Crippen molar-refractivity contribution in [1.82, 2.24) is 0 Å². The molecule has 0 heterocycles. The van der Waals surface area contributed by atoms with Gasteiger partial charge < -0.3 is 0 Å². The van der Waals surface area contributed by atoms with E-state index < -0.39 is 0 Å². The zero-order valence-electron chi connectivity index (χ0n) is 2.99. The molecule has 0 bridgehead atoms. The maximum Gasteiger partial charge on any atom is 0.149 e. The summed E-state index contributed by atoms with van der Waals surface area (Å²) in [6, 6.07) is 0. The van der Waals surface area contributed by atoms with Gasteiger partial charge in [0.2, 0.25) is 0 Å². The maximum atomic E-state index is 11.2. The van der Waals surface area contributed by atoms with E-state index in [9.17, 15) is 4.39 Å². The third-order valence-electron chi connectivity index (χ3n) is 0.221. The molecule has 0 N–H and O–H groups in total. The lowest BCUT2D eigenvalue weighted by atomic mass is 11.2. The molecule has 0 aliphatic carbocycles. The number of halogens is 1. The van der Waals surface area contributed by atoms with Gasteiger partial charge in [0, 0.05) is 0 Å². The quantitative estimate of drug-likeness (QED) is 0.475. The van der Waals surface area contributed by atoms with E-state index in [1.165, 1.54) is 0 Å². The van der Waals surface area contributed by atoms with Gasteiger partial charge >= 0.3 is 0 Å². The topological polar surface area (TPSA) is 0 Å². The molecule has 5 heavy (non-hydrogen) atoms. The first kappa shape index (κ1) is 5.02. The Balaban J connectivity index is 2.85. The van der Waals surface area contributed by atoms with Crippen LogP contribution in [0.4, 0.5) is 4.39 Å². The van der Waals surface area contributed by atoms with Gasteiger partial charge in [0.1, 0.15) is 5.16 Å². The summed E-state index contributed by atoms with van der Waals surface area (Å²) in [4.78, 5) is 0. The standard InChI is InChI=1S/C3H5FS/c1-3(4)5-2/h1H2,2H3. The molecule has 30 valence electrons. The van der Waals surface area contributed by atoms with E-state index in [1.807, 2.05) is 0 Å². The summed E-state index contributed by atoms with van der Waals surface area (Å²) in [5.41, 5.74) is 0. The second kappa shape index (κ2) is 2.27. The first-order valence-corrected chi connectivity index (χ1v) is 2.38. The monoisotopic (exact) mass is 92.0 g/mol. The van der Waals surface area contributed by atoms with Gasteiger partial charge in [-0.05, 0) is 6.26 Å². The normalized spacial score (nSPS) is 7.60. The van der Waals surface area contributed by atoms with Gasteiger partial charge in [-0.15, -0.1) is 11.8 Å². The molecule has 0 fully saturated rings. The highest BCUT2D eigenvalue weighted by Gasteiger charge is 1.74. The van der Waals surface area contributed by atoms with Crippen molar-refractivity contribution < 1.29 is 4.39 Å². The predicted molar refractivity (Wildman–Crippen MR) is 23.8 cm³/mol. The van der Waals surface area contributed by atoms with Crippen molar-refractivity contribution in [3.05, 3.63) is 11.7 Å². The molecular formula is C3H5FS. The summed E-state index contributed by atoms with van der Waals surface area (Å²) >= 11 is 1.02. The second-order valence-corrected chi connectivity index (χ2v) is 1.41. The van der Waals surface area contributed by atoms with E-state index in [1.54, 1.807) is 6.26 Å². The van der Waals surface area contributed by atoms with Crippen LogP contribution < -0.4 is 0 Å². The minimum absolute atomic E-state index is 0.329. The van der Waals surface area contributed by atoms with E-state index in [-0.39, 0.29) is 5.16 Å². The Morgan fingerprint density at radius 3 is 2.20 bits per heavy atom. The maximum absolute atomic E-state index is 11.2. The third-order valence-corrected chi connectivity index (χ3v) is 0.664. The molecule has 0 unspecified atom stereocenters. The van der Waals surface area contributed by atoms with Crippen molar-refractivity contribution in [3.63, 3.8) is 0 Å². The molecule has 0 aromatic heterocycles. The minimum Gasteiger partial charge on any atom is -0.200 e. The lowest BCUT2D eigenvalue weighted by molar-refractivity contribution is 0.704. The minimum atomic E-state index is -0.329. The zero-order chi connectivity index (χ0) is 4.28. The average Bonchev–Trinajstić information content (AvgIpc) is 1.38. The van der Waals surface area contributed by atoms with Crippen LogP contribution in [0.3, 0.4) is 0 Å². The molecule has 0 saturated carbocycles. The van der Waals surface area contributed by atoms with Crippen molar-refractivity contribution in [1.29, 1.82) is 0 Å². The van der Waals surface area contributed by atoms with Gasteiger partial charge in [-0.1, -0.05) is 6.58 Å². The summed E-state index contributed by atoms with van der Waals surface area (Å²) in [7, 11) is 0. The summed E-state index contributed by atoms with van der Waals surface area (Å²) < 4.78 is 11.2. The molecular weight excluding hydrogens is 87.1 g/mol. The fraction of sp³-hybridized carbons (Fsp3) is 0.333. The zero-order valence-corrected chi connectivity index (χ0v) is 3.81. The number of rotatable bonds is 1. The first-order valence-electron chi connectivity index (χ1n) is 1.15. The fourth-order valence-electron chi connectivity index (χ4n) is 0. The highest BCUT2D eigenvalue weighted by Crippen LogP contribution is 2.06. The van der Waals surface area contributed by atoms with Crippen LogP contribution in [-0.2, 0) is 0 Å². The largest absolute Gasteiger partial charge is 0.200 e. The molecule has 0 aliphatic heterocycles. The Morgan fingerprint density at radius 2 is 2.20 bits per heavy atom. The summed E-state index contributed by atoms with van der Waals surface area (Å²) in [6.07, 6.45) is 1.64. The second-order valence-electron chi connectivity index (χ2n) is 0.559. The highest BCUT2D eigenvalue weighted by atomic mass is 32.2. The Kier molecular flexibility index (Phi) is 2.28. The van der Waals surface area contributed by atoms with Crippen molar-refractivity contribution in [2.75, 3.05) is 6.26 Å². The number of hydrogen-bond acceptors (Lipinski definition) is 1. The molecule has 0 saturated heterocycles. The Hall–Kier alpha value is 0.0200. The van der Waals surface area contributed by atoms with Crippen molar-refractivity contribution in [2.45, 2.75) is 0 Å². The molecule has 2 heteroatoms. The highest BCUT2D eigenvalue weighted by molar-refractivity contribution is 8.02. The molecule has 0 aliphatic rings. The van der Waals surface area contributed by atoms with E-state index >= 15 is 0 Å². The predicted octanol–water partition coefficient (Wildman–Crippen LogP) is 1.79. The van der Waals surface area contributed by atoms with Gasteiger partial charge in [-0.3, -0.25) is 0 Å². The Bertz CT molecular complexity index is 42.2. The van der Waals surface area contributed by atoms with Gasteiger partial charge in [-0.25, -0.2) is 4.39 Å². The van der Waals surface area contributed by atoms with Crippen LogP contribution in [0.15, 0.2) is 11.7 Å². The molecule has 0 spiro atoms. The molecule has 0 nitrogen and oxygen atoms in total. The number of hydrogen-bond donors (Lipinski definition) is 0. The van der Waals surface area contributed by atoms with Crippen molar-refractivity contribution in [3.8, 4) is 0 Å². The lowest BCUT2D eigenvalue weighted by Crippen LogP contribution is -1.45. The lowest BCUT2D eigenvalue weighted by Gasteiger charge is -1.74. The Labute approximate surface area is 35.1 Å². The van der Waals surface area contributed by atoms with Crippen LogP contribution in [0, 0.1) is 0 Å². The fourth-order valence-corrected chi connectivity index (χ4v) is 0. The summed E-state index contributed by atoms with van der Waals surface area (Å²) in [5, 5.41) is -0.329. The van der Waals surface area contributed by atoms with Crippen LogP contribution in [0.1, 0.15) is 0 Å². The van der Waals surface area contributed by atoms with Gasteiger partial charge in [-0.2, -0.15) is 0 Å². The van der Waals surface area contributed by atoms with Gasteiger partial charge in [0.15, 0.2) is 0 Å². The van der Waals surface area contributed by atoms with Crippen molar-refractivity contribution >= 4 is 11.8 Å². The third kappa shape index (κ3) is 4.02. The Morgan fingerprint density at radius 1 is 2.00 bits per heavy atom. The molecule has 0 rings (SSSR count). The van der Waals surface area contributed by atoms with E-state index in [0.717, 1.165) is 11.8 Å². The average molecular weight is 92.1 g/mol. The van der Waals surface area contributed by atoms with E-state index in [0.29, 0.717) is 0 Å². The van der Waals surface area contributed by atoms with Crippen LogP contribution in [0.25, 0.3) is 0 Å². The van der Waals surface area contributed by atoms with Gasteiger partial charge in [0.05, 0.1) is 0 Å². The SMILES string of the molecule is C=C(F)SC. The molecule has 0 radical (unpaired) electrons.